The van der Waals surface area contributed by atoms with E-state index in [2.05, 4.69) is 15.3 Å². The molecule has 19 heavy (non-hydrogen) atoms. The molecule has 5 nitrogen and oxygen atoms in total. The maximum Gasteiger partial charge on any atom is 0.299 e. The molecular formula is C14H12N4O. The molecule has 0 fully saturated rings. The van der Waals surface area contributed by atoms with Gasteiger partial charge in [0.05, 0.1) is 6.20 Å². The molecule has 2 heterocycles. The van der Waals surface area contributed by atoms with Crippen LogP contribution in [0.15, 0.2) is 59.4 Å². The van der Waals surface area contributed by atoms with E-state index < -0.39 is 0 Å². The van der Waals surface area contributed by atoms with Gasteiger partial charge >= 0.3 is 0 Å². The smallest absolute Gasteiger partial charge is 0.299 e. The van der Waals surface area contributed by atoms with Crippen molar-refractivity contribution in [1.29, 1.82) is 0 Å². The second kappa shape index (κ2) is 4.81. The topological polar surface area (TPSA) is 77.0 Å². The summed E-state index contributed by atoms with van der Waals surface area (Å²) >= 11 is 0. The molecule has 0 spiro atoms. The third-order valence-corrected chi connectivity index (χ3v) is 2.61. The first-order valence-electron chi connectivity index (χ1n) is 5.80. The average Bonchev–Trinajstić information content (AvgIpc) is 2.88. The molecule has 1 aromatic carbocycles. The van der Waals surface area contributed by atoms with E-state index in [0.29, 0.717) is 17.5 Å². The van der Waals surface area contributed by atoms with Gasteiger partial charge in [0.15, 0.2) is 5.76 Å². The molecule has 0 bridgehead atoms. The van der Waals surface area contributed by atoms with Gasteiger partial charge in [-0.05, 0) is 30.3 Å². The lowest BCUT2D eigenvalue weighted by atomic mass is 10.2. The summed E-state index contributed by atoms with van der Waals surface area (Å²) < 4.78 is 5.62. The molecule has 3 N–H and O–H groups in total. The monoisotopic (exact) mass is 252 g/mol. The summed E-state index contributed by atoms with van der Waals surface area (Å²) in [6.45, 7) is 0. The summed E-state index contributed by atoms with van der Waals surface area (Å²) in [5, 5.41) is 3.06. The lowest BCUT2D eigenvalue weighted by molar-refractivity contribution is 0.592. The van der Waals surface area contributed by atoms with Crippen molar-refractivity contribution >= 4 is 17.4 Å². The summed E-state index contributed by atoms with van der Waals surface area (Å²) in [5.74, 6) is 0.689. The molecule has 0 radical (unpaired) electrons. The van der Waals surface area contributed by atoms with E-state index in [9.17, 15) is 0 Å². The van der Waals surface area contributed by atoms with Crippen molar-refractivity contribution in [1.82, 2.24) is 9.97 Å². The van der Waals surface area contributed by atoms with Crippen molar-refractivity contribution in [2.24, 2.45) is 0 Å². The first-order valence-corrected chi connectivity index (χ1v) is 5.80. The molecule has 0 unspecified atom stereocenters. The Morgan fingerprint density at radius 2 is 1.95 bits per heavy atom. The summed E-state index contributed by atoms with van der Waals surface area (Å²) in [7, 11) is 0. The molecule has 0 atom stereocenters. The van der Waals surface area contributed by atoms with Crippen LogP contribution in [0.25, 0.3) is 11.3 Å². The Morgan fingerprint density at radius 1 is 1.11 bits per heavy atom. The minimum atomic E-state index is 0.428. The van der Waals surface area contributed by atoms with Crippen molar-refractivity contribution in [3.05, 3.63) is 55.0 Å². The fraction of sp³-hybridized carbons (Fsp3) is 0. The maximum absolute atomic E-state index is 5.71. The molecule has 0 amide bonds. The van der Waals surface area contributed by atoms with Gasteiger partial charge in [0.1, 0.15) is 0 Å². The Morgan fingerprint density at radius 3 is 2.74 bits per heavy atom. The number of anilines is 3. The molecule has 0 aliphatic carbocycles. The van der Waals surface area contributed by atoms with Gasteiger partial charge in [-0.3, -0.25) is 4.98 Å². The number of pyridine rings is 1. The van der Waals surface area contributed by atoms with E-state index in [1.165, 1.54) is 0 Å². The van der Waals surface area contributed by atoms with Gasteiger partial charge in [-0.2, -0.15) is 0 Å². The Balaban J connectivity index is 1.82. The van der Waals surface area contributed by atoms with Crippen molar-refractivity contribution in [3.8, 4) is 11.3 Å². The number of benzene rings is 1. The zero-order valence-corrected chi connectivity index (χ0v) is 10.1. The minimum absolute atomic E-state index is 0.428. The van der Waals surface area contributed by atoms with Crippen molar-refractivity contribution < 1.29 is 4.42 Å². The van der Waals surface area contributed by atoms with Crippen LogP contribution < -0.4 is 11.1 Å². The van der Waals surface area contributed by atoms with Crippen LogP contribution in [0.5, 0.6) is 0 Å². The highest BCUT2D eigenvalue weighted by Crippen LogP contribution is 2.24. The number of nitrogens with one attached hydrogen (secondary N) is 1. The Hall–Kier alpha value is -2.82. The summed E-state index contributed by atoms with van der Waals surface area (Å²) in [4.78, 5) is 8.14. The molecule has 0 saturated heterocycles. The third-order valence-electron chi connectivity index (χ3n) is 2.61. The number of nitrogens with two attached hydrogens (primary N) is 1. The van der Waals surface area contributed by atoms with Crippen molar-refractivity contribution in [2.45, 2.75) is 0 Å². The van der Waals surface area contributed by atoms with E-state index >= 15 is 0 Å². The first-order chi connectivity index (χ1) is 9.31. The highest BCUT2D eigenvalue weighted by Gasteiger charge is 2.06. The third kappa shape index (κ3) is 2.55. The van der Waals surface area contributed by atoms with Crippen LogP contribution in [0, 0.1) is 0 Å². The van der Waals surface area contributed by atoms with Gasteiger partial charge in [0, 0.05) is 29.3 Å². The van der Waals surface area contributed by atoms with Crippen LogP contribution in [0.2, 0.25) is 0 Å². The Labute approximate surface area is 110 Å². The van der Waals surface area contributed by atoms with E-state index in [0.717, 1.165) is 11.3 Å². The van der Waals surface area contributed by atoms with Crippen molar-refractivity contribution in [3.63, 3.8) is 0 Å². The van der Waals surface area contributed by atoms with Gasteiger partial charge in [0.2, 0.25) is 0 Å². The van der Waals surface area contributed by atoms with Gasteiger partial charge < -0.3 is 15.5 Å². The van der Waals surface area contributed by atoms with E-state index in [1.54, 1.807) is 18.6 Å². The second-order valence-electron chi connectivity index (χ2n) is 4.02. The zero-order chi connectivity index (χ0) is 13.1. The lowest BCUT2D eigenvalue weighted by Crippen LogP contribution is -1.91. The zero-order valence-electron chi connectivity index (χ0n) is 10.1. The van der Waals surface area contributed by atoms with Crippen LogP contribution in [-0.2, 0) is 0 Å². The number of hydrogen-bond donors (Lipinski definition) is 2. The standard InChI is InChI=1S/C14H12N4O/c15-11-2-1-3-12(8-11)18-14-17-9-13(19-14)10-4-6-16-7-5-10/h1-9H,15H2,(H,17,18). The van der Waals surface area contributed by atoms with Crippen molar-refractivity contribution in [2.75, 3.05) is 11.1 Å². The average molecular weight is 252 g/mol. The number of nitrogens with zero attached hydrogens (tertiary/aromatic N) is 2. The molecule has 3 aromatic rings. The SMILES string of the molecule is Nc1cccc(Nc2ncc(-c3ccncc3)o2)c1. The minimum Gasteiger partial charge on any atom is -0.423 e. The van der Waals surface area contributed by atoms with Crippen LogP contribution in [0.1, 0.15) is 0 Å². The molecule has 2 aromatic heterocycles. The summed E-state index contributed by atoms with van der Waals surface area (Å²) in [5.41, 5.74) is 8.17. The number of rotatable bonds is 3. The predicted molar refractivity (Wildman–Crippen MR) is 73.9 cm³/mol. The van der Waals surface area contributed by atoms with E-state index in [4.69, 9.17) is 10.2 Å². The molecular weight excluding hydrogens is 240 g/mol. The van der Waals surface area contributed by atoms with Crippen LogP contribution in [0.4, 0.5) is 17.4 Å². The predicted octanol–water partition coefficient (Wildman–Crippen LogP) is 3.06. The fourth-order valence-electron chi connectivity index (χ4n) is 1.72. The normalized spacial score (nSPS) is 10.3. The quantitative estimate of drug-likeness (QED) is 0.700. The summed E-state index contributed by atoms with van der Waals surface area (Å²) in [6.07, 6.45) is 5.09. The molecule has 5 heteroatoms. The number of aromatic nitrogens is 2. The number of oxazole rings is 1. The summed E-state index contributed by atoms with van der Waals surface area (Å²) in [6, 6.07) is 11.6. The Bertz CT molecular complexity index is 679. The molecule has 0 aliphatic heterocycles. The molecule has 3 rings (SSSR count). The van der Waals surface area contributed by atoms with Gasteiger partial charge in [0.25, 0.3) is 6.01 Å². The Kier molecular flexibility index (Phi) is 2.86. The van der Waals surface area contributed by atoms with Crippen LogP contribution in [-0.4, -0.2) is 9.97 Å². The van der Waals surface area contributed by atoms with Crippen LogP contribution in [0.3, 0.4) is 0 Å². The highest BCUT2D eigenvalue weighted by molar-refractivity contribution is 5.61. The van der Waals surface area contributed by atoms with Gasteiger partial charge in [-0.1, -0.05) is 6.07 Å². The van der Waals surface area contributed by atoms with E-state index in [1.807, 2.05) is 36.4 Å². The van der Waals surface area contributed by atoms with Gasteiger partial charge in [-0.25, -0.2) is 4.98 Å². The van der Waals surface area contributed by atoms with Crippen LogP contribution >= 0.6 is 0 Å². The maximum atomic E-state index is 5.71. The fourth-order valence-corrected chi connectivity index (χ4v) is 1.72. The molecule has 94 valence electrons. The first kappa shape index (κ1) is 11.3. The van der Waals surface area contributed by atoms with Gasteiger partial charge in [-0.15, -0.1) is 0 Å². The van der Waals surface area contributed by atoms with E-state index in [-0.39, 0.29) is 0 Å². The largest absolute Gasteiger partial charge is 0.423 e. The second-order valence-corrected chi connectivity index (χ2v) is 4.02. The number of nitrogen functional groups attached to an aromatic ring is 1. The number of hydrogen-bond acceptors (Lipinski definition) is 5. The molecule has 0 saturated carbocycles. The molecule has 0 aliphatic rings. The highest BCUT2D eigenvalue weighted by atomic mass is 16.4. The lowest BCUT2D eigenvalue weighted by Gasteiger charge is -2.02.